The van der Waals surface area contributed by atoms with Gasteiger partial charge in [0.05, 0.1) is 5.39 Å². The molecular weight excluding hydrogens is 254 g/mol. The van der Waals surface area contributed by atoms with E-state index in [1.165, 1.54) is 11.8 Å². The third kappa shape index (κ3) is 2.08. The molecule has 0 aliphatic rings. The van der Waals surface area contributed by atoms with Crippen LogP contribution in [0.5, 0.6) is 0 Å². The van der Waals surface area contributed by atoms with Gasteiger partial charge >= 0.3 is 0 Å². The third-order valence-electron chi connectivity index (χ3n) is 3.02. The van der Waals surface area contributed by atoms with Gasteiger partial charge in [0.15, 0.2) is 0 Å². The van der Waals surface area contributed by atoms with Crippen molar-refractivity contribution in [3.8, 4) is 11.3 Å². The average molecular weight is 267 g/mol. The molecule has 3 aromatic rings. The minimum atomic E-state index is -0.199. The van der Waals surface area contributed by atoms with E-state index in [1.807, 2.05) is 30.3 Å². The van der Waals surface area contributed by atoms with Crippen molar-refractivity contribution in [2.24, 2.45) is 0 Å². The van der Waals surface area contributed by atoms with Crippen LogP contribution in [0.3, 0.4) is 0 Å². The van der Waals surface area contributed by atoms with Crippen LogP contribution in [0.25, 0.3) is 22.2 Å². The fraction of sp³-hybridized carbons (Fsp3) is 0.133. The molecule has 0 N–H and O–H groups in total. The quantitative estimate of drug-likeness (QED) is 0.729. The number of fused-ring (bicyclic) bond motifs is 1. The van der Waals surface area contributed by atoms with Gasteiger partial charge in [-0.25, -0.2) is 4.68 Å². The number of hydrogen-bond donors (Lipinski definition) is 0. The lowest BCUT2D eigenvalue weighted by molar-refractivity contribution is 0.117. The molecule has 0 aliphatic carbocycles. The second kappa shape index (κ2) is 5.22. The third-order valence-corrected chi connectivity index (χ3v) is 3.02. The Morgan fingerprint density at radius 2 is 1.95 bits per heavy atom. The van der Waals surface area contributed by atoms with E-state index in [9.17, 15) is 4.79 Å². The molecule has 5 nitrogen and oxygen atoms in total. The molecule has 2 aromatic heterocycles. The van der Waals surface area contributed by atoms with Crippen LogP contribution >= 0.6 is 0 Å². The molecule has 1 aromatic carbocycles. The van der Waals surface area contributed by atoms with Crippen molar-refractivity contribution in [1.29, 1.82) is 0 Å². The van der Waals surface area contributed by atoms with Crippen LogP contribution in [-0.4, -0.2) is 21.9 Å². The van der Waals surface area contributed by atoms with Gasteiger partial charge in [0.25, 0.3) is 5.56 Å². The zero-order valence-electron chi connectivity index (χ0n) is 11.0. The summed E-state index contributed by atoms with van der Waals surface area (Å²) in [4.78, 5) is 16.6. The van der Waals surface area contributed by atoms with Crippen LogP contribution in [-0.2, 0) is 11.5 Å². The maximum atomic E-state index is 12.3. The van der Waals surface area contributed by atoms with Crippen molar-refractivity contribution >= 4 is 10.9 Å². The van der Waals surface area contributed by atoms with Crippen molar-refractivity contribution in [1.82, 2.24) is 14.8 Å². The normalized spacial score (nSPS) is 10.8. The van der Waals surface area contributed by atoms with E-state index in [4.69, 9.17) is 4.74 Å². The number of hydrogen-bond acceptors (Lipinski definition) is 4. The summed E-state index contributed by atoms with van der Waals surface area (Å²) in [5.74, 6) is 0. The number of ether oxygens (including phenoxy) is 1. The van der Waals surface area contributed by atoms with Gasteiger partial charge in [0, 0.05) is 18.9 Å². The molecule has 0 amide bonds. The molecule has 0 bridgehead atoms. The van der Waals surface area contributed by atoms with E-state index < -0.39 is 0 Å². The highest BCUT2D eigenvalue weighted by molar-refractivity contribution is 5.90. The fourth-order valence-corrected chi connectivity index (χ4v) is 2.12. The van der Waals surface area contributed by atoms with Gasteiger partial charge < -0.3 is 4.74 Å². The lowest BCUT2D eigenvalue weighted by atomic mass is 10.1. The molecule has 0 radical (unpaired) electrons. The summed E-state index contributed by atoms with van der Waals surface area (Å²) in [5.41, 5.74) is 2.00. The van der Waals surface area contributed by atoms with Crippen LogP contribution in [0.15, 0.2) is 53.5 Å². The summed E-state index contributed by atoms with van der Waals surface area (Å²) in [6.45, 7) is 0.115. The van der Waals surface area contributed by atoms with Gasteiger partial charge in [-0.1, -0.05) is 30.3 Å². The van der Waals surface area contributed by atoms with Gasteiger partial charge in [-0.15, -0.1) is 0 Å². The van der Waals surface area contributed by atoms with Crippen molar-refractivity contribution in [3.05, 3.63) is 59.0 Å². The summed E-state index contributed by atoms with van der Waals surface area (Å²) in [5, 5.41) is 4.92. The number of methoxy groups -OCH3 is 1. The summed E-state index contributed by atoms with van der Waals surface area (Å²) in [6.07, 6.45) is 1.66. The SMILES string of the molecule is COCn1nc(-c2ccccc2)c2ncccc2c1=O. The van der Waals surface area contributed by atoms with E-state index in [1.54, 1.807) is 18.3 Å². The number of pyridine rings is 1. The van der Waals surface area contributed by atoms with Crippen LogP contribution in [0.2, 0.25) is 0 Å². The topological polar surface area (TPSA) is 57.0 Å². The summed E-state index contributed by atoms with van der Waals surface area (Å²) >= 11 is 0. The largest absolute Gasteiger partial charge is 0.362 e. The van der Waals surface area contributed by atoms with Gasteiger partial charge in [-0.3, -0.25) is 9.78 Å². The molecule has 5 heteroatoms. The van der Waals surface area contributed by atoms with E-state index in [2.05, 4.69) is 10.1 Å². The molecule has 0 saturated heterocycles. The monoisotopic (exact) mass is 267 g/mol. The zero-order valence-corrected chi connectivity index (χ0v) is 11.0. The van der Waals surface area contributed by atoms with Crippen LogP contribution in [0, 0.1) is 0 Å². The van der Waals surface area contributed by atoms with Crippen molar-refractivity contribution in [3.63, 3.8) is 0 Å². The standard InChI is InChI=1S/C15H13N3O2/c1-20-10-18-15(19)12-8-5-9-16-14(12)13(17-18)11-6-3-2-4-7-11/h2-9H,10H2,1H3. The predicted molar refractivity (Wildman–Crippen MR) is 76.2 cm³/mol. The Kier molecular flexibility index (Phi) is 3.26. The lowest BCUT2D eigenvalue weighted by Crippen LogP contribution is -2.24. The maximum Gasteiger partial charge on any atom is 0.278 e. The summed E-state index contributed by atoms with van der Waals surface area (Å²) in [7, 11) is 1.53. The Balaban J connectivity index is 2.36. The first kappa shape index (κ1) is 12.5. The van der Waals surface area contributed by atoms with E-state index in [0.717, 1.165) is 5.56 Å². The van der Waals surface area contributed by atoms with Gasteiger partial charge in [0.1, 0.15) is 17.9 Å². The average Bonchev–Trinajstić information content (AvgIpc) is 2.51. The predicted octanol–water partition coefficient (Wildman–Crippen LogP) is 2.06. The highest BCUT2D eigenvalue weighted by Crippen LogP contribution is 2.22. The molecule has 100 valence electrons. The van der Waals surface area contributed by atoms with Gasteiger partial charge in [-0.2, -0.15) is 5.10 Å². The van der Waals surface area contributed by atoms with E-state index in [-0.39, 0.29) is 12.3 Å². The zero-order chi connectivity index (χ0) is 13.9. The molecule has 0 unspecified atom stereocenters. The van der Waals surface area contributed by atoms with Crippen LogP contribution in [0.4, 0.5) is 0 Å². The highest BCUT2D eigenvalue weighted by atomic mass is 16.5. The molecule has 0 aliphatic heterocycles. The Morgan fingerprint density at radius 3 is 2.70 bits per heavy atom. The molecule has 20 heavy (non-hydrogen) atoms. The van der Waals surface area contributed by atoms with Crippen molar-refractivity contribution in [2.45, 2.75) is 6.73 Å². The second-order valence-corrected chi connectivity index (χ2v) is 4.34. The number of benzene rings is 1. The van der Waals surface area contributed by atoms with Crippen molar-refractivity contribution < 1.29 is 4.74 Å². The number of nitrogens with zero attached hydrogens (tertiary/aromatic N) is 3. The molecule has 0 saturated carbocycles. The number of aromatic nitrogens is 3. The minimum absolute atomic E-state index is 0.115. The second-order valence-electron chi connectivity index (χ2n) is 4.34. The smallest absolute Gasteiger partial charge is 0.278 e. The highest BCUT2D eigenvalue weighted by Gasteiger charge is 2.12. The Morgan fingerprint density at radius 1 is 1.15 bits per heavy atom. The molecule has 3 rings (SSSR count). The first-order valence-electron chi connectivity index (χ1n) is 6.21. The van der Waals surface area contributed by atoms with Crippen LogP contribution < -0.4 is 5.56 Å². The summed E-state index contributed by atoms with van der Waals surface area (Å²) < 4.78 is 6.34. The summed E-state index contributed by atoms with van der Waals surface area (Å²) in [6, 6.07) is 13.2. The van der Waals surface area contributed by atoms with E-state index >= 15 is 0 Å². The Bertz CT molecular complexity index is 797. The van der Waals surface area contributed by atoms with Gasteiger partial charge in [-0.05, 0) is 12.1 Å². The lowest BCUT2D eigenvalue weighted by Gasteiger charge is -2.09. The Hall–Kier alpha value is -2.53. The fourth-order valence-electron chi connectivity index (χ4n) is 2.12. The number of rotatable bonds is 3. The van der Waals surface area contributed by atoms with Gasteiger partial charge in [0.2, 0.25) is 0 Å². The molecular formula is C15H13N3O2. The van der Waals surface area contributed by atoms with Crippen LogP contribution in [0.1, 0.15) is 0 Å². The molecule has 0 atom stereocenters. The first-order valence-corrected chi connectivity index (χ1v) is 6.21. The Labute approximate surface area is 115 Å². The maximum absolute atomic E-state index is 12.3. The van der Waals surface area contributed by atoms with Crippen molar-refractivity contribution in [2.75, 3.05) is 7.11 Å². The van der Waals surface area contributed by atoms with E-state index in [0.29, 0.717) is 16.6 Å². The molecule has 2 heterocycles. The molecule has 0 fully saturated rings. The minimum Gasteiger partial charge on any atom is -0.362 e. The molecule has 0 spiro atoms. The first-order chi connectivity index (χ1) is 9.81.